The largest absolute Gasteiger partial charge is 0.467 e. The van der Waals surface area contributed by atoms with Gasteiger partial charge in [0.15, 0.2) is 0 Å². The number of esters is 1. The van der Waals surface area contributed by atoms with E-state index in [4.69, 9.17) is 9.47 Å². The summed E-state index contributed by atoms with van der Waals surface area (Å²) in [5.74, 6) is -0.534. The number of benzene rings is 2. The number of rotatable bonds is 6. The maximum atomic E-state index is 12.2. The van der Waals surface area contributed by atoms with Crippen LogP contribution >= 0.6 is 15.9 Å². The van der Waals surface area contributed by atoms with Crippen LogP contribution in [-0.2, 0) is 27.3 Å². The van der Waals surface area contributed by atoms with Gasteiger partial charge in [0.25, 0.3) is 0 Å². The van der Waals surface area contributed by atoms with Gasteiger partial charge in [0.2, 0.25) is 0 Å². The Labute approximate surface area is 165 Å². The molecule has 6 nitrogen and oxygen atoms in total. The van der Waals surface area contributed by atoms with Gasteiger partial charge in [-0.25, -0.2) is 9.59 Å². The predicted octanol–water partition coefficient (Wildman–Crippen LogP) is 3.94. The fraction of sp³-hybridized carbons (Fsp3) is 0.200. The number of ether oxygens (including phenoxy) is 2. The minimum absolute atomic E-state index is 0.124. The van der Waals surface area contributed by atoms with Crippen molar-refractivity contribution in [2.75, 3.05) is 7.11 Å². The molecule has 3 rings (SSSR count). The molecule has 0 radical (unpaired) electrons. The van der Waals surface area contributed by atoms with Crippen molar-refractivity contribution in [2.45, 2.75) is 19.1 Å². The minimum Gasteiger partial charge on any atom is -0.467 e. The molecule has 140 valence electrons. The Kier molecular flexibility index (Phi) is 6.13. The van der Waals surface area contributed by atoms with Gasteiger partial charge in [0, 0.05) is 28.0 Å². The van der Waals surface area contributed by atoms with E-state index >= 15 is 0 Å². The summed E-state index contributed by atoms with van der Waals surface area (Å²) in [5, 5.41) is 3.56. The Hall–Kier alpha value is -2.80. The molecule has 1 aromatic heterocycles. The van der Waals surface area contributed by atoms with Gasteiger partial charge < -0.3 is 19.8 Å². The molecule has 0 aliphatic rings. The maximum Gasteiger partial charge on any atom is 0.408 e. The topological polar surface area (TPSA) is 80.4 Å². The van der Waals surface area contributed by atoms with E-state index in [-0.39, 0.29) is 13.0 Å². The molecule has 0 aliphatic carbocycles. The molecule has 1 atom stereocenters. The highest BCUT2D eigenvalue weighted by molar-refractivity contribution is 9.10. The highest BCUT2D eigenvalue weighted by atomic mass is 79.9. The number of hydrogen-bond donors (Lipinski definition) is 2. The molecule has 0 saturated carbocycles. The third-order valence-corrected chi connectivity index (χ3v) is 4.81. The van der Waals surface area contributed by atoms with Crippen LogP contribution in [-0.4, -0.2) is 30.2 Å². The SMILES string of the molecule is COC(=O)C(Cc1c[nH]c2cccc(Br)c12)NC(=O)OCc1ccccc1. The summed E-state index contributed by atoms with van der Waals surface area (Å²) in [6.45, 7) is 0.124. The van der Waals surface area contributed by atoms with E-state index in [2.05, 4.69) is 26.2 Å². The van der Waals surface area contributed by atoms with Crippen molar-refractivity contribution in [2.24, 2.45) is 0 Å². The van der Waals surface area contributed by atoms with Crippen molar-refractivity contribution in [3.63, 3.8) is 0 Å². The van der Waals surface area contributed by atoms with Crippen LogP contribution in [0.5, 0.6) is 0 Å². The Morgan fingerprint density at radius 2 is 1.93 bits per heavy atom. The molecule has 2 aromatic carbocycles. The lowest BCUT2D eigenvalue weighted by molar-refractivity contribution is -0.142. The third kappa shape index (κ3) is 4.68. The van der Waals surface area contributed by atoms with Gasteiger partial charge in [-0.3, -0.25) is 0 Å². The first kappa shape index (κ1) is 19.0. The Morgan fingerprint density at radius 1 is 1.15 bits per heavy atom. The lowest BCUT2D eigenvalue weighted by Gasteiger charge is -2.16. The normalized spacial score (nSPS) is 11.8. The molecule has 3 aromatic rings. The van der Waals surface area contributed by atoms with Crippen LogP contribution in [0.1, 0.15) is 11.1 Å². The van der Waals surface area contributed by atoms with E-state index in [1.165, 1.54) is 7.11 Å². The fourth-order valence-corrected chi connectivity index (χ4v) is 3.45. The molecular weight excluding hydrogens is 412 g/mol. The van der Waals surface area contributed by atoms with Crippen molar-refractivity contribution < 1.29 is 19.1 Å². The first-order chi connectivity index (χ1) is 13.1. The van der Waals surface area contributed by atoms with Gasteiger partial charge in [-0.15, -0.1) is 0 Å². The molecule has 27 heavy (non-hydrogen) atoms. The second-order valence-corrected chi connectivity index (χ2v) is 6.82. The number of methoxy groups -OCH3 is 1. The first-order valence-electron chi connectivity index (χ1n) is 8.38. The van der Waals surface area contributed by atoms with Gasteiger partial charge in [-0.05, 0) is 23.3 Å². The van der Waals surface area contributed by atoms with E-state index in [9.17, 15) is 9.59 Å². The summed E-state index contributed by atoms with van der Waals surface area (Å²) in [7, 11) is 1.29. The number of carbonyl (C=O) groups excluding carboxylic acids is 2. The van der Waals surface area contributed by atoms with E-state index in [1.54, 1.807) is 0 Å². The van der Waals surface area contributed by atoms with Crippen molar-refractivity contribution in [1.29, 1.82) is 0 Å². The molecule has 1 unspecified atom stereocenters. The standard InChI is InChI=1S/C20H19BrN2O4/c1-26-19(24)17(23-20(25)27-12-13-6-3-2-4-7-13)10-14-11-22-16-9-5-8-15(21)18(14)16/h2-9,11,17,22H,10,12H2,1H3,(H,23,25). The number of H-pyrrole nitrogens is 1. The van der Waals surface area contributed by atoms with Crippen molar-refractivity contribution in [1.82, 2.24) is 10.3 Å². The zero-order valence-electron chi connectivity index (χ0n) is 14.7. The zero-order chi connectivity index (χ0) is 19.2. The van der Waals surface area contributed by atoms with Gasteiger partial charge in [0.05, 0.1) is 7.11 Å². The monoisotopic (exact) mass is 430 g/mol. The predicted molar refractivity (Wildman–Crippen MR) is 105 cm³/mol. The number of carbonyl (C=O) groups is 2. The van der Waals surface area contributed by atoms with Gasteiger partial charge >= 0.3 is 12.1 Å². The summed E-state index contributed by atoms with van der Waals surface area (Å²) >= 11 is 3.52. The maximum absolute atomic E-state index is 12.2. The van der Waals surface area contributed by atoms with Crippen molar-refractivity contribution >= 4 is 38.9 Å². The number of fused-ring (bicyclic) bond motifs is 1. The lowest BCUT2D eigenvalue weighted by atomic mass is 10.1. The van der Waals surface area contributed by atoms with Crippen LogP contribution in [0.4, 0.5) is 4.79 Å². The molecule has 0 bridgehead atoms. The van der Waals surface area contributed by atoms with Crippen molar-refractivity contribution in [3.8, 4) is 0 Å². The molecule has 0 saturated heterocycles. The van der Waals surface area contributed by atoms with E-state index in [1.807, 2.05) is 54.7 Å². The number of halogens is 1. The van der Waals surface area contributed by atoms with Crippen LogP contribution < -0.4 is 5.32 Å². The van der Waals surface area contributed by atoms with Crippen LogP contribution in [0.25, 0.3) is 10.9 Å². The molecule has 0 spiro atoms. The van der Waals surface area contributed by atoms with E-state index in [0.717, 1.165) is 26.5 Å². The molecule has 1 heterocycles. The fourth-order valence-electron chi connectivity index (χ4n) is 2.83. The van der Waals surface area contributed by atoms with E-state index < -0.39 is 18.1 Å². The summed E-state index contributed by atoms with van der Waals surface area (Å²) in [6, 6.07) is 14.3. The Balaban J connectivity index is 1.70. The summed E-state index contributed by atoms with van der Waals surface area (Å²) < 4.78 is 11.0. The number of amides is 1. The molecule has 0 fully saturated rings. The van der Waals surface area contributed by atoms with Crippen LogP contribution in [0.15, 0.2) is 59.2 Å². The van der Waals surface area contributed by atoms with E-state index in [0.29, 0.717) is 0 Å². The highest BCUT2D eigenvalue weighted by Crippen LogP contribution is 2.27. The number of alkyl carbamates (subject to hydrolysis) is 1. The Morgan fingerprint density at radius 3 is 2.67 bits per heavy atom. The summed E-state index contributed by atoms with van der Waals surface area (Å²) in [5.41, 5.74) is 2.69. The first-order valence-corrected chi connectivity index (χ1v) is 9.17. The quantitative estimate of drug-likeness (QED) is 0.580. The zero-order valence-corrected chi connectivity index (χ0v) is 16.3. The summed E-state index contributed by atoms with van der Waals surface area (Å²) in [6.07, 6.45) is 1.42. The second-order valence-electron chi connectivity index (χ2n) is 5.96. The van der Waals surface area contributed by atoms with Crippen LogP contribution in [0, 0.1) is 0 Å². The number of aromatic nitrogens is 1. The molecular formula is C20H19BrN2O4. The van der Waals surface area contributed by atoms with Gasteiger partial charge in [-0.1, -0.05) is 52.3 Å². The lowest BCUT2D eigenvalue weighted by Crippen LogP contribution is -2.43. The van der Waals surface area contributed by atoms with Gasteiger partial charge in [0.1, 0.15) is 12.6 Å². The average molecular weight is 431 g/mol. The summed E-state index contributed by atoms with van der Waals surface area (Å²) in [4.78, 5) is 27.5. The van der Waals surface area contributed by atoms with Crippen LogP contribution in [0.2, 0.25) is 0 Å². The van der Waals surface area contributed by atoms with Gasteiger partial charge in [-0.2, -0.15) is 0 Å². The molecule has 1 amide bonds. The molecule has 7 heteroatoms. The molecule has 0 aliphatic heterocycles. The van der Waals surface area contributed by atoms with Crippen LogP contribution in [0.3, 0.4) is 0 Å². The number of hydrogen-bond acceptors (Lipinski definition) is 4. The average Bonchev–Trinajstić information content (AvgIpc) is 3.10. The minimum atomic E-state index is -0.857. The third-order valence-electron chi connectivity index (χ3n) is 4.15. The molecule has 2 N–H and O–H groups in total. The number of aromatic amines is 1. The van der Waals surface area contributed by atoms with Crippen molar-refractivity contribution in [3.05, 3.63) is 70.3 Å². The Bertz CT molecular complexity index is 940. The number of nitrogens with one attached hydrogen (secondary N) is 2. The second kappa shape index (κ2) is 8.73. The smallest absolute Gasteiger partial charge is 0.408 e. The highest BCUT2D eigenvalue weighted by Gasteiger charge is 2.24.